The van der Waals surface area contributed by atoms with Gasteiger partial charge in [0, 0.05) is 18.2 Å². The van der Waals surface area contributed by atoms with Crippen LogP contribution in [0.1, 0.15) is 61.8 Å². The zero-order chi connectivity index (χ0) is 19.5. The van der Waals surface area contributed by atoms with E-state index in [1.165, 1.54) is 22.4 Å². The standard InChI is InChI=1S/C25H31NO2/c1-4-27-14-15-28-20-12-13-24-23(16-20)21-6-5-7-22(21)25(26-24)19-10-8-18(9-11-19)17(2)3/h5-6,8-13,16-17,21-22,25-26H,4,7,14-15H2,1-3H3. The highest BCUT2D eigenvalue weighted by Gasteiger charge is 2.38. The highest BCUT2D eigenvalue weighted by Crippen LogP contribution is 2.50. The van der Waals surface area contributed by atoms with Crippen LogP contribution in [-0.4, -0.2) is 19.8 Å². The van der Waals surface area contributed by atoms with E-state index in [0.29, 0.717) is 37.0 Å². The van der Waals surface area contributed by atoms with Crippen molar-refractivity contribution in [1.82, 2.24) is 0 Å². The average molecular weight is 378 g/mol. The maximum atomic E-state index is 5.89. The summed E-state index contributed by atoms with van der Waals surface area (Å²) in [5.74, 6) is 2.49. The lowest BCUT2D eigenvalue weighted by molar-refractivity contribution is 0.110. The van der Waals surface area contributed by atoms with E-state index in [1.807, 2.05) is 6.92 Å². The molecule has 0 spiro atoms. The second-order valence-corrected chi connectivity index (χ2v) is 8.09. The molecule has 1 heterocycles. The Hall–Kier alpha value is -2.26. The summed E-state index contributed by atoms with van der Waals surface area (Å²) in [6.07, 6.45) is 5.83. The molecule has 28 heavy (non-hydrogen) atoms. The van der Waals surface area contributed by atoms with Gasteiger partial charge in [0.05, 0.1) is 12.6 Å². The molecule has 1 aliphatic carbocycles. The van der Waals surface area contributed by atoms with Crippen LogP contribution in [0, 0.1) is 5.92 Å². The van der Waals surface area contributed by atoms with Crippen molar-refractivity contribution in [1.29, 1.82) is 0 Å². The predicted molar refractivity (Wildman–Crippen MR) is 115 cm³/mol. The first kappa shape index (κ1) is 19.1. The summed E-state index contributed by atoms with van der Waals surface area (Å²) in [6.45, 7) is 8.45. The van der Waals surface area contributed by atoms with Crippen molar-refractivity contribution in [2.75, 3.05) is 25.1 Å². The van der Waals surface area contributed by atoms with Gasteiger partial charge < -0.3 is 14.8 Å². The number of nitrogens with one attached hydrogen (secondary N) is 1. The minimum Gasteiger partial charge on any atom is -0.491 e. The molecule has 2 aliphatic rings. The Morgan fingerprint density at radius 1 is 1.07 bits per heavy atom. The highest BCUT2D eigenvalue weighted by molar-refractivity contribution is 5.61. The number of rotatable bonds is 7. The Kier molecular flexibility index (Phi) is 5.72. The van der Waals surface area contributed by atoms with Gasteiger partial charge in [-0.2, -0.15) is 0 Å². The van der Waals surface area contributed by atoms with Gasteiger partial charge in [-0.05, 0) is 60.1 Å². The largest absolute Gasteiger partial charge is 0.491 e. The Morgan fingerprint density at radius 3 is 2.64 bits per heavy atom. The molecule has 2 aromatic carbocycles. The number of allylic oxidation sites excluding steroid dienone is 2. The number of hydrogen-bond donors (Lipinski definition) is 1. The van der Waals surface area contributed by atoms with Crippen molar-refractivity contribution in [3.05, 3.63) is 71.3 Å². The number of ether oxygens (including phenoxy) is 2. The summed E-state index contributed by atoms with van der Waals surface area (Å²) in [4.78, 5) is 0. The molecule has 0 radical (unpaired) electrons. The maximum Gasteiger partial charge on any atom is 0.119 e. The molecule has 148 valence electrons. The summed E-state index contributed by atoms with van der Waals surface area (Å²) in [5.41, 5.74) is 5.35. The maximum absolute atomic E-state index is 5.89. The molecule has 1 aliphatic heterocycles. The van der Waals surface area contributed by atoms with E-state index in [0.717, 1.165) is 18.8 Å². The summed E-state index contributed by atoms with van der Waals surface area (Å²) in [5, 5.41) is 3.82. The third-order valence-electron chi connectivity index (χ3n) is 6.00. The molecule has 0 aromatic heterocycles. The van der Waals surface area contributed by atoms with Gasteiger partial charge in [-0.1, -0.05) is 50.3 Å². The van der Waals surface area contributed by atoms with Gasteiger partial charge in [-0.15, -0.1) is 0 Å². The minimum absolute atomic E-state index is 0.346. The molecule has 3 atom stereocenters. The number of benzene rings is 2. The van der Waals surface area contributed by atoms with Crippen LogP contribution in [-0.2, 0) is 4.74 Å². The molecule has 0 fully saturated rings. The van der Waals surface area contributed by atoms with E-state index in [2.05, 4.69) is 73.8 Å². The zero-order valence-corrected chi connectivity index (χ0v) is 17.2. The van der Waals surface area contributed by atoms with E-state index in [9.17, 15) is 0 Å². The van der Waals surface area contributed by atoms with Crippen LogP contribution >= 0.6 is 0 Å². The van der Waals surface area contributed by atoms with Crippen LogP contribution in [0.3, 0.4) is 0 Å². The van der Waals surface area contributed by atoms with Crippen LogP contribution in [0.2, 0.25) is 0 Å². The molecule has 3 nitrogen and oxygen atoms in total. The summed E-state index contributed by atoms with van der Waals surface area (Å²) < 4.78 is 11.3. The molecule has 2 aromatic rings. The van der Waals surface area contributed by atoms with Gasteiger partial charge in [0.25, 0.3) is 0 Å². The minimum atomic E-state index is 0.346. The first-order valence-electron chi connectivity index (χ1n) is 10.5. The van der Waals surface area contributed by atoms with Crippen molar-refractivity contribution in [3.63, 3.8) is 0 Å². The highest BCUT2D eigenvalue weighted by atomic mass is 16.5. The van der Waals surface area contributed by atoms with E-state index in [-0.39, 0.29) is 0 Å². The fourth-order valence-electron chi connectivity index (χ4n) is 4.44. The normalized spacial score (nSPS) is 22.6. The van der Waals surface area contributed by atoms with Gasteiger partial charge in [0.1, 0.15) is 12.4 Å². The Morgan fingerprint density at radius 2 is 1.89 bits per heavy atom. The molecule has 0 bridgehead atoms. The monoisotopic (exact) mass is 377 g/mol. The van der Waals surface area contributed by atoms with Gasteiger partial charge in [0.15, 0.2) is 0 Å². The molecule has 4 rings (SSSR count). The van der Waals surface area contributed by atoms with Crippen LogP contribution in [0.4, 0.5) is 5.69 Å². The van der Waals surface area contributed by atoms with E-state index < -0.39 is 0 Å². The van der Waals surface area contributed by atoms with E-state index in [1.54, 1.807) is 0 Å². The molecule has 0 amide bonds. The molecule has 3 heteroatoms. The third-order valence-corrected chi connectivity index (χ3v) is 6.00. The lowest BCUT2D eigenvalue weighted by atomic mass is 9.77. The zero-order valence-electron chi connectivity index (χ0n) is 17.2. The third kappa shape index (κ3) is 3.81. The van der Waals surface area contributed by atoms with Crippen molar-refractivity contribution < 1.29 is 9.47 Å². The fraction of sp³-hybridized carbons (Fsp3) is 0.440. The van der Waals surface area contributed by atoms with Crippen molar-refractivity contribution in [2.45, 2.75) is 45.1 Å². The Bertz CT molecular complexity index is 825. The van der Waals surface area contributed by atoms with Gasteiger partial charge in [-0.3, -0.25) is 0 Å². The first-order chi connectivity index (χ1) is 13.7. The molecule has 0 saturated carbocycles. The lowest BCUT2D eigenvalue weighted by Gasteiger charge is -2.37. The molecular weight excluding hydrogens is 346 g/mol. The summed E-state index contributed by atoms with van der Waals surface area (Å²) in [7, 11) is 0. The lowest BCUT2D eigenvalue weighted by Crippen LogP contribution is -2.29. The molecule has 3 unspecified atom stereocenters. The number of fused-ring (bicyclic) bond motifs is 3. The topological polar surface area (TPSA) is 30.5 Å². The molecular formula is C25H31NO2. The number of anilines is 1. The summed E-state index contributed by atoms with van der Waals surface area (Å²) >= 11 is 0. The Labute approximate surface area is 168 Å². The van der Waals surface area contributed by atoms with Crippen molar-refractivity contribution in [2.24, 2.45) is 5.92 Å². The van der Waals surface area contributed by atoms with Gasteiger partial charge >= 0.3 is 0 Å². The second-order valence-electron chi connectivity index (χ2n) is 8.09. The summed E-state index contributed by atoms with van der Waals surface area (Å²) in [6, 6.07) is 16.0. The van der Waals surface area contributed by atoms with Crippen LogP contribution in [0.5, 0.6) is 5.75 Å². The Balaban J connectivity index is 1.56. The fourth-order valence-corrected chi connectivity index (χ4v) is 4.44. The van der Waals surface area contributed by atoms with Crippen LogP contribution < -0.4 is 10.1 Å². The van der Waals surface area contributed by atoms with Crippen LogP contribution in [0.25, 0.3) is 0 Å². The van der Waals surface area contributed by atoms with Gasteiger partial charge in [0.2, 0.25) is 0 Å². The van der Waals surface area contributed by atoms with E-state index in [4.69, 9.17) is 9.47 Å². The quantitative estimate of drug-likeness (QED) is 0.470. The van der Waals surface area contributed by atoms with Crippen molar-refractivity contribution >= 4 is 5.69 Å². The number of hydrogen-bond acceptors (Lipinski definition) is 3. The molecule has 1 N–H and O–H groups in total. The smallest absolute Gasteiger partial charge is 0.119 e. The SMILES string of the molecule is CCOCCOc1ccc2c(c1)C1C=CCC1C(c1ccc(C(C)C)cc1)N2. The second kappa shape index (κ2) is 8.40. The first-order valence-corrected chi connectivity index (χ1v) is 10.5. The van der Waals surface area contributed by atoms with E-state index >= 15 is 0 Å². The van der Waals surface area contributed by atoms with Gasteiger partial charge in [-0.25, -0.2) is 0 Å². The average Bonchev–Trinajstić information content (AvgIpc) is 3.21. The van der Waals surface area contributed by atoms with Crippen molar-refractivity contribution in [3.8, 4) is 5.75 Å². The van der Waals surface area contributed by atoms with Crippen LogP contribution in [0.15, 0.2) is 54.6 Å². The molecule has 0 saturated heterocycles. The predicted octanol–water partition coefficient (Wildman–Crippen LogP) is 6.05.